The minimum Gasteiger partial charge on any atom is -0.390 e. The lowest BCUT2D eigenvalue weighted by Gasteiger charge is -2.53. The Kier molecular flexibility index (Phi) is 4.96. The molecule has 5 aliphatic rings. The van der Waals surface area contributed by atoms with E-state index < -0.39 is 51.8 Å². The molecule has 1 aliphatic heterocycles. The summed E-state index contributed by atoms with van der Waals surface area (Å²) in [7, 11) is 0. The quantitative estimate of drug-likeness (QED) is 0.653. The fourth-order valence-electron chi connectivity index (χ4n) is 6.43. The summed E-state index contributed by atoms with van der Waals surface area (Å²) in [6.45, 7) is 0.746. The first-order chi connectivity index (χ1) is 15.3. The third kappa shape index (κ3) is 4.16. The van der Waals surface area contributed by atoms with Crippen molar-refractivity contribution in [3.05, 3.63) is 17.5 Å². The van der Waals surface area contributed by atoms with Crippen LogP contribution in [0.1, 0.15) is 61.0 Å². The van der Waals surface area contributed by atoms with Crippen molar-refractivity contribution in [2.45, 2.75) is 73.6 Å². The molecule has 1 saturated heterocycles. The molecule has 4 bridgehead atoms. The summed E-state index contributed by atoms with van der Waals surface area (Å²) in [5, 5.41) is 13.5. The number of fused-ring (bicyclic) bond motifs is 1. The summed E-state index contributed by atoms with van der Waals surface area (Å²) in [4.78, 5) is 21.5. The van der Waals surface area contributed by atoms with Gasteiger partial charge in [0.05, 0.1) is 24.4 Å². The van der Waals surface area contributed by atoms with Gasteiger partial charge < -0.3 is 20.1 Å². The first-order valence-electron chi connectivity index (χ1n) is 11.0. The number of ether oxygens (including phenoxy) is 1. The van der Waals surface area contributed by atoms with E-state index in [1.54, 1.807) is 0 Å². The second-order valence-corrected chi connectivity index (χ2v) is 10.2. The van der Waals surface area contributed by atoms with Crippen molar-refractivity contribution < 1.29 is 36.6 Å². The summed E-state index contributed by atoms with van der Waals surface area (Å²) in [6.07, 6.45) is -4.89. The van der Waals surface area contributed by atoms with E-state index in [0.29, 0.717) is 0 Å². The highest BCUT2D eigenvalue weighted by atomic mass is 19.4. The molecule has 0 radical (unpaired) electrons. The molecule has 0 aromatic carbocycles. The van der Waals surface area contributed by atoms with E-state index in [1.165, 1.54) is 4.90 Å². The van der Waals surface area contributed by atoms with Gasteiger partial charge in [0.25, 0.3) is 5.91 Å². The number of alkyl halides is 5. The predicted octanol–water partition coefficient (Wildman–Crippen LogP) is 3.04. The number of aromatic nitrogens is 2. The molecule has 2 atom stereocenters. The minimum absolute atomic E-state index is 0.122. The molecule has 6 rings (SSSR count). The first-order valence-corrected chi connectivity index (χ1v) is 11.0. The molecule has 2 heterocycles. The van der Waals surface area contributed by atoms with Gasteiger partial charge in [0.1, 0.15) is 11.3 Å². The number of hydrogen-bond acceptors (Lipinski definition) is 6. The molecule has 4 saturated carbocycles. The number of aliphatic hydroxyl groups is 1. The van der Waals surface area contributed by atoms with Crippen LogP contribution in [0.5, 0.6) is 0 Å². The normalized spacial score (nSPS) is 38.3. The molecule has 182 valence electrons. The number of nitrogens with zero attached hydrogens (tertiary/aromatic N) is 3. The Morgan fingerprint density at radius 2 is 1.70 bits per heavy atom. The molecule has 1 aromatic heterocycles. The van der Waals surface area contributed by atoms with Crippen LogP contribution in [-0.2, 0) is 10.9 Å². The smallest absolute Gasteiger partial charge is 0.390 e. The zero-order valence-corrected chi connectivity index (χ0v) is 17.9. The highest BCUT2D eigenvalue weighted by molar-refractivity contribution is 5.95. The second-order valence-electron chi connectivity index (χ2n) is 10.2. The highest BCUT2D eigenvalue weighted by Gasteiger charge is 2.66. The lowest BCUT2D eigenvalue weighted by Crippen LogP contribution is -2.60. The Bertz CT molecular complexity index is 950. The number of morpholine rings is 1. The Morgan fingerprint density at radius 1 is 1.06 bits per heavy atom. The molecule has 7 nitrogen and oxygen atoms in total. The van der Waals surface area contributed by atoms with Gasteiger partial charge in [-0.2, -0.15) is 13.2 Å². The van der Waals surface area contributed by atoms with Crippen molar-refractivity contribution in [1.82, 2.24) is 14.9 Å². The van der Waals surface area contributed by atoms with Crippen molar-refractivity contribution >= 4 is 11.9 Å². The van der Waals surface area contributed by atoms with Crippen molar-refractivity contribution in [3.8, 4) is 0 Å². The molecule has 2 N–H and O–H groups in total. The zero-order chi connectivity index (χ0) is 23.7. The van der Waals surface area contributed by atoms with E-state index in [0.717, 1.165) is 6.20 Å². The van der Waals surface area contributed by atoms with E-state index in [1.807, 2.05) is 0 Å². The van der Waals surface area contributed by atoms with E-state index >= 15 is 8.78 Å². The van der Waals surface area contributed by atoms with Crippen molar-refractivity contribution in [2.75, 3.05) is 31.6 Å². The van der Waals surface area contributed by atoms with Crippen LogP contribution in [0, 0.1) is 0 Å². The number of hydrogen-bond donors (Lipinski definition) is 2. The third-order valence-corrected chi connectivity index (χ3v) is 7.27. The number of carbonyl (C=O) groups is 1. The number of rotatable bonds is 3. The molecule has 12 heteroatoms. The SMILES string of the molecule is O=C(c1cnc(NC23CCC4(O)CC(F)(CC(F)(C4)C2)C3)nc1C(F)(F)F)N1CCOCC1. The molecule has 4 aliphatic carbocycles. The monoisotopic (exact) mass is 476 g/mol. The molecular formula is C21H25F5N4O3. The van der Waals surface area contributed by atoms with Crippen LogP contribution in [-0.4, -0.2) is 74.7 Å². The van der Waals surface area contributed by atoms with Crippen molar-refractivity contribution in [2.24, 2.45) is 0 Å². The number of halogens is 5. The highest BCUT2D eigenvalue weighted by Crippen LogP contribution is 2.61. The number of carbonyl (C=O) groups excluding carboxylic acids is 1. The average Bonchev–Trinajstić information content (AvgIpc) is 2.83. The average molecular weight is 476 g/mol. The van der Waals surface area contributed by atoms with Gasteiger partial charge in [-0.15, -0.1) is 0 Å². The number of anilines is 1. The van der Waals surface area contributed by atoms with Gasteiger partial charge in [0.15, 0.2) is 5.69 Å². The molecular weight excluding hydrogens is 451 g/mol. The summed E-state index contributed by atoms with van der Waals surface area (Å²) in [5.41, 5.74) is -8.74. The van der Waals surface area contributed by atoms with Crippen molar-refractivity contribution in [3.63, 3.8) is 0 Å². The van der Waals surface area contributed by atoms with Crippen LogP contribution in [0.3, 0.4) is 0 Å². The summed E-state index contributed by atoms with van der Waals surface area (Å²) >= 11 is 0. The molecule has 33 heavy (non-hydrogen) atoms. The van der Waals surface area contributed by atoms with Crippen molar-refractivity contribution in [1.29, 1.82) is 0 Å². The zero-order valence-electron chi connectivity index (χ0n) is 17.9. The van der Waals surface area contributed by atoms with Gasteiger partial charge in [-0.25, -0.2) is 18.7 Å². The third-order valence-electron chi connectivity index (χ3n) is 7.27. The predicted molar refractivity (Wildman–Crippen MR) is 105 cm³/mol. The molecule has 5 fully saturated rings. The molecule has 0 spiro atoms. The second kappa shape index (κ2) is 7.21. The number of amides is 1. The minimum atomic E-state index is -4.94. The summed E-state index contributed by atoms with van der Waals surface area (Å²) < 4.78 is 77.6. The topological polar surface area (TPSA) is 87.6 Å². The van der Waals surface area contributed by atoms with Gasteiger partial charge in [0, 0.05) is 56.9 Å². The maximum Gasteiger partial charge on any atom is 0.434 e. The van der Waals surface area contributed by atoms with Gasteiger partial charge in [-0.3, -0.25) is 4.79 Å². The Labute approximate surface area is 186 Å². The van der Waals surface area contributed by atoms with Crippen LogP contribution >= 0.6 is 0 Å². The van der Waals surface area contributed by atoms with Gasteiger partial charge >= 0.3 is 6.18 Å². The van der Waals surface area contributed by atoms with E-state index in [-0.39, 0.29) is 71.2 Å². The fraction of sp³-hybridized carbons (Fsp3) is 0.762. The standard InChI is InChI=1S/C21H25F5N4O3/c22-17-8-18(23)10-19(9-17,1-2-20(32,11-17)12-18)29-16-27-7-13(14(28-16)21(24,25)26)15(31)30-3-5-33-6-4-30/h7,32H,1-6,8-12H2,(H,27,28,29). The summed E-state index contributed by atoms with van der Waals surface area (Å²) in [6, 6.07) is 0. The van der Waals surface area contributed by atoms with Crippen LogP contribution in [0.25, 0.3) is 0 Å². The maximum atomic E-state index is 15.5. The molecule has 1 aromatic rings. The van der Waals surface area contributed by atoms with Crippen LogP contribution < -0.4 is 5.32 Å². The lowest BCUT2D eigenvalue weighted by atomic mass is 9.60. The molecule has 2 unspecified atom stereocenters. The van der Waals surface area contributed by atoms with Gasteiger partial charge in [-0.1, -0.05) is 0 Å². The Morgan fingerprint density at radius 3 is 2.30 bits per heavy atom. The van der Waals surface area contributed by atoms with E-state index in [9.17, 15) is 23.1 Å². The van der Waals surface area contributed by atoms with Crippen LogP contribution in [0.2, 0.25) is 0 Å². The van der Waals surface area contributed by atoms with Gasteiger partial charge in [-0.05, 0) is 12.8 Å². The Balaban J connectivity index is 1.47. The molecule has 1 amide bonds. The Hall–Kier alpha value is -2.08. The van der Waals surface area contributed by atoms with Crippen LogP contribution in [0.4, 0.5) is 27.9 Å². The van der Waals surface area contributed by atoms with E-state index in [4.69, 9.17) is 4.74 Å². The fourth-order valence-corrected chi connectivity index (χ4v) is 6.43. The number of nitrogens with one attached hydrogen (secondary N) is 1. The van der Waals surface area contributed by atoms with Gasteiger partial charge in [0.2, 0.25) is 5.95 Å². The maximum absolute atomic E-state index is 15.5. The first kappa shape index (κ1) is 22.7. The van der Waals surface area contributed by atoms with Crippen LogP contribution in [0.15, 0.2) is 6.20 Å². The summed E-state index contributed by atoms with van der Waals surface area (Å²) in [5.74, 6) is -1.30. The largest absolute Gasteiger partial charge is 0.434 e. The van der Waals surface area contributed by atoms with E-state index in [2.05, 4.69) is 15.3 Å². The lowest BCUT2D eigenvalue weighted by molar-refractivity contribution is -0.143.